The fraction of sp³-hybridized carbons (Fsp3) is 0.545. The van der Waals surface area contributed by atoms with Crippen molar-refractivity contribution in [2.75, 3.05) is 25.5 Å². The standard InChI is InChI=1S/C11H15ClN4O2/c1-15(8-2-3-8)5-4-13-11-10(12)6-9(7-14-11)16(17)18/h6-8H,2-5H2,1H3,(H,13,14). The zero-order valence-corrected chi connectivity index (χ0v) is 10.9. The van der Waals surface area contributed by atoms with Crippen molar-refractivity contribution < 1.29 is 4.92 Å². The van der Waals surface area contributed by atoms with Crippen molar-refractivity contribution >= 4 is 23.1 Å². The molecule has 1 aromatic heterocycles. The van der Waals surface area contributed by atoms with E-state index in [9.17, 15) is 10.1 Å². The van der Waals surface area contributed by atoms with Crippen LogP contribution in [0.3, 0.4) is 0 Å². The Labute approximate surface area is 110 Å². The Kier molecular flexibility index (Phi) is 3.98. The Morgan fingerprint density at radius 2 is 2.39 bits per heavy atom. The summed E-state index contributed by atoms with van der Waals surface area (Å²) in [6.45, 7) is 1.62. The van der Waals surface area contributed by atoms with Crippen LogP contribution in [0.2, 0.25) is 5.02 Å². The molecule has 0 aliphatic heterocycles. The van der Waals surface area contributed by atoms with Gasteiger partial charge < -0.3 is 10.2 Å². The summed E-state index contributed by atoms with van der Waals surface area (Å²) < 4.78 is 0. The average molecular weight is 271 g/mol. The Morgan fingerprint density at radius 3 is 2.94 bits per heavy atom. The summed E-state index contributed by atoms with van der Waals surface area (Å²) in [5, 5.41) is 13.9. The normalized spacial score (nSPS) is 14.8. The van der Waals surface area contributed by atoms with Gasteiger partial charge in [-0.25, -0.2) is 4.98 Å². The second-order valence-electron chi connectivity index (χ2n) is 4.42. The molecule has 98 valence electrons. The van der Waals surface area contributed by atoms with Gasteiger partial charge in [0.05, 0.1) is 9.95 Å². The number of halogens is 1. The van der Waals surface area contributed by atoms with Crippen molar-refractivity contribution in [3.63, 3.8) is 0 Å². The van der Waals surface area contributed by atoms with Gasteiger partial charge in [-0.3, -0.25) is 10.1 Å². The number of nitro groups is 1. The third-order valence-corrected chi connectivity index (χ3v) is 3.25. The molecule has 1 heterocycles. The fourth-order valence-corrected chi connectivity index (χ4v) is 1.93. The maximum Gasteiger partial charge on any atom is 0.289 e. The van der Waals surface area contributed by atoms with Crippen molar-refractivity contribution in [1.29, 1.82) is 0 Å². The number of nitrogens with one attached hydrogen (secondary N) is 1. The summed E-state index contributed by atoms with van der Waals surface area (Å²) in [4.78, 5) is 16.3. The van der Waals surface area contributed by atoms with Gasteiger partial charge in [0.25, 0.3) is 5.69 Å². The van der Waals surface area contributed by atoms with Crippen LogP contribution >= 0.6 is 11.6 Å². The predicted octanol–water partition coefficient (Wildman–Crippen LogP) is 2.15. The van der Waals surface area contributed by atoms with Crippen LogP contribution in [0.15, 0.2) is 12.3 Å². The number of likely N-dealkylation sites (N-methyl/N-ethyl adjacent to an activating group) is 1. The van der Waals surface area contributed by atoms with E-state index in [4.69, 9.17) is 11.6 Å². The van der Waals surface area contributed by atoms with Crippen LogP contribution in [-0.2, 0) is 0 Å². The third-order valence-electron chi connectivity index (χ3n) is 2.96. The lowest BCUT2D eigenvalue weighted by atomic mass is 10.4. The largest absolute Gasteiger partial charge is 0.368 e. The summed E-state index contributed by atoms with van der Waals surface area (Å²) in [7, 11) is 2.09. The van der Waals surface area contributed by atoms with E-state index in [1.165, 1.54) is 25.1 Å². The molecule has 0 amide bonds. The summed E-state index contributed by atoms with van der Waals surface area (Å²) in [5.41, 5.74) is -0.0966. The molecule has 1 fully saturated rings. The molecule has 0 atom stereocenters. The van der Waals surface area contributed by atoms with Crippen molar-refractivity contribution in [3.05, 3.63) is 27.4 Å². The van der Waals surface area contributed by atoms with Crippen LogP contribution in [0, 0.1) is 10.1 Å². The number of anilines is 1. The van der Waals surface area contributed by atoms with Crippen molar-refractivity contribution in [3.8, 4) is 0 Å². The van der Waals surface area contributed by atoms with E-state index in [1.54, 1.807) is 0 Å². The summed E-state index contributed by atoms with van der Waals surface area (Å²) in [6.07, 6.45) is 3.75. The lowest BCUT2D eigenvalue weighted by Gasteiger charge is -2.16. The molecule has 0 saturated heterocycles. The second kappa shape index (κ2) is 5.49. The molecule has 1 N–H and O–H groups in total. The monoisotopic (exact) mass is 270 g/mol. The smallest absolute Gasteiger partial charge is 0.289 e. The lowest BCUT2D eigenvalue weighted by molar-refractivity contribution is -0.385. The first-order chi connectivity index (χ1) is 8.58. The zero-order valence-electron chi connectivity index (χ0n) is 10.1. The SMILES string of the molecule is CN(CCNc1ncc([N+](=O)[O-])cc1Cl)C1CC1. The van der Waals surface area contributed by atoms with Crippen molar-refractivity contribution in [1.82, 2.24) is 9.88 Å². The van der Waals surface area contributed by atoms with E-state index in [0.717, 1.165) is 13.1 Å². The highest BCUT2D eigenvalue weighted by atomic mass is 35.5. The average Bonchev–Trinajstić information content (AvgIpc) is 3.14. The summed E-state index contributed by atoms with van der Waals surface area (Å²) in [5.74, 6) is 0.492. The third kappa shape index (κ3) is 3.30. The first-order valence-corrected chi connectivity index (χ1v) is 6.20. The minimum atomic E-state index is -0.510. The number of nitrogens with zero attached hydrogens (tertiary/aromatic N) is 3. The van der Waals surface area contributed by atoms with Gasteiger partial charge in [0.15, 0.2) is 0 Å². The van der Waals surface area contributed by atoms with Crippen LogP contribution < -0.4 is 5.32 Å². The van der Waals surface area contributed by atoms with E-state index >= 15 is 0 Å². The van der Waals surface area contributed by atoms with Gasteiger partial charge in [-0.2, -0.15) is 0 Å². The molecule has 6 nitrogen and oxygen atoms in total. The van der Waals surface area contributed by atoms with Crippen molar-refractivity contribution in [2.45, 2.75) is 18.9 Å². The molecule has 0 spiro atoms. The Morgan fingerprint density at radius 1 is 1.67 bits per heavy atom. The minimum absolute atomic E-state index is 0.0966. The number of hydrogen-bond acceptors (Lipinski definition) is 5. The molecule has 7 heteroatoms. The Hall–Kier alpha value is -1.40. The first kappa shape index (κ1) is 13.0. The maximum atomic E-state index is 10.5. The second-order valence-corrected chi connectivity index (χ2v) is 4.83. The molecule has 1 saturated carbocycles. The molecular formula is C11H15ClN4O2. The van der Waals surface area contributed by atoms with Crippen LogP contribution in [0.5, 0.6) is 0 Å². The molecule has 0 aromatic carbocycles. The van der Waals surface area contributed by atoms with Gasteiger partial charge in [0.1, 0.15) is 12.0 Å². The molecule has 1 aromatic rings. The van der Waals surface area contributed by atoms with E-state index in [-0.39, 0.29) is 10.7 Å². The van der Waals surface area contributed by atoms with E-state index in [0.29, 0.717) is 11.9 Å². The number of rotatable bonds is 6. The van der Waals surface area contributed by atoms with Gasteiger partial charge in [0.2, 0.25) is 0 Å². The topological polar surface area (TPSA) is 71.3 Å². The molecule has 0 radical (unpaired) electrons. The molecule has 0 unspecified atom stereocenters. The molecule has 1 aliphatic rings. The molecule has 0 bridgehead atoms. The number of pyridine rings is 1. The highest BCUT2D eigenvalue weighted by Gasteiger charge is 2.25. The molecule has 1 aliphatic carbocycles. The van der Waals surface area contributed by atoms with Gasteiger partial charge >= 0.3 is 0 Å². The van der Waals surface area contributed by atoms with Crippen molar-refractivity contribution in [2.24, 2.45) is 0 Å². The van der Waals surface area contributed by atoms with Gasteiger partial charge in [0, 0.05) is 25.2 Å². The highest BCUT2D eigenvalue weighted by Crippen LogP contribution is 2.25. The van der Waals surface area contributed by atoms with E-state index in [2.05, 4.69) is 22.2 Å². The fourth-order valence-electron chi connectivity index (χ4n) is 1.71. The zero-order chi connectivity index (χ0) is 13.1. The van der Waals surface area contributed by atoms with Crippen LogP contribution in [0.25, 0.3) is 0 Å². The Bertz CT molecular complexity index is 451. The van der Waals surface area contributed by atoms with E-state index < -0.39 is 4.92 Å². The molecular weight excluding hydrogens is 256 g/mol. The first-order valence-electron chi connectivity index (χ1n) is 5.82. The van der Waals surface area contributed by atoms with Crippen LogP contribution in [0.1, 0.15) is 12.8 Å². The van der Waals surface area contributed by atoms with Crippen LogP contribution in [0.4, 0.5) is 11.5 Å². The van der Waals surface area contributed by atoms with E-state index in [1.807, 2.05) is 0 Å². The maximum absolute atomic E-state index is 10.5. The molecule has 2 rings (SSSR count). The quantitative estimate of drug-likeness (QED) is 0.633. The van der Waals surface area contributed by atoms with Gasteiger partial charge in [-0.1, -0.05) is 11.6 Å². The molecule has 18 heavy (non-hydrogen) atoms. The Balaban J connectivity index is 1.86. The van der Waals surface area contributed by atoms with Gasteiger partial charge in [-0.05, 0) is 19.9 Å². The predicted molar refractivity (Wildman–Crippen MR) is 70.0 cm³/mol. The lowest BCUT2D eigenvalue weighted by Crippen LogP contribution is -2.27. The summed E-state index contributed by atoms with van der Waals surface area (Å²) >= 11 is 5.92. The number of aromatic nitrogens is 1. The summed E-state index contributed by atoms with van der Waals surface area (Å²) in [6, 6.07) is 2.02. The highest BCUT2D eigenvalue weighted by molar-refractivity contribution is 6.33. The minimum Gasteiger partial charge on any atom is -0.368 e. The number of hydrogen-bond donors (Lipinski definition) is 1. The van der Waals surface area contributed by atoms with Crippen LogP contribution in [-0.4, -0.2) is 41.0 Å². The van der Waals surface area contributed by atoms with Gasteiger partial charge in [-0.15, -0.1) is 0 Å².